The lowest BCUT2D eigenvalue weighted by molar-refractivity contribution is -0.384. The van der Waals surface area contributed by atoms with Gasteiger partial charge in [0.05, 0.1) is 4.92 Å². The van der Waals surface area contributed by atoms with Crippen molar-refractivity contribution in [1.82, 2.24) is 15.3 Å². The van der Waals surface area contributed by atoms with Gasteiger partial charge in [0.25, 0.3) is 11.6 Å². The molecule has 0 atom stereocenters. The molecular formula is C19H23ClN6O3. The highest BCUT2D eigenvalue weighted by Crippen LogP contribution is 2.26. The Balaban J connectivity index is 1.53. The highest BCUT2D eigenvalue weighted by molar-refractivity contribution is 6.32. The van der Waals surface area contributed by atoms with E-state index in [0.717, 1.165) is 31.5 Å². The van der Waals surface area contributed by atoms with Crippen LogP contribution in [0.15, 0.2) is 30.5 Å². The zero-order chi connectivity index (χ0) is 21.0. The Hall–Kier alpha value is -2.94. The summed E-state index contributed by atoms with van der Waals surface area (Å²) in [6, 6.07) is 6.17. The van der Waals surface area contributed by atoms with Crippen LogP contribution >= 0.6 is 11.6 Å². The molecule has 10 heteroatoms. The molecule has 0 spiro atoms. The largest absolute Gasteiger partial charge is 0.363 e. The monoisotopic (exact) mass is 418 g/mol. The molecular weight excluding hydrogens is 396 g/mol. The number of amides is 1. The minimum absolute atomic E-state index is 0.0127. The number of rotatable bonds is 6. The van der Waals surface area contributed by atoms with E-state index >= 15 is 0 Å². The van der Waals surface area contributed by atoms with Crippen molar-refractivity contribution >= 4 is 35.0 Å². The van der Waals surface area contributed by atoms with Crippen molar-refractivity contribution in [3.63, 3.8) is 0 Å². The van der Waals surface area contributed by atoms with E-state index in [2.05, 4.69) is 20.6 Å². The van der Waals surface area contributed by atoms with Crippen molar-refractivity contribution in [2.24, 2.45) is 0 Å². The Labute approximate surface area is 173 Å². The molecule has 2 aromatic rings. The van der Waals surface area contributed by atoms with Crippen molar-refractivity contribution in [1.29, 1.82) is 0 Å². The summed E-state index contributed by atoms with van der Waals surface area (Å²) in [6.07, 6.45) is 5.04. The van der Waals surface area contributed by atoms with Crippen LogP contribution < -0.4 is 15.5 Å². The Bertz CT molecular complexity index is 899. The number of nitro benzene ring substituents is 1. The number of aromatic nitrogens is 2. The fourth-order valence-electron chi connectivity index (χ4n) is 3.29. The second-order valence-corrected chi connectivity index (χ2v) is 7.63. The fraction of sp³-hybridized carbons (Fsp3) is 0.421. The van der Waals surface area contributed by atoms with E-state index in [1.807, 2.05) is 25.1 Å². The number of nitrogens with zero attached hydrogens (tertiary/aromatic N) is 4. The van der Waals surface area contributed by atoms with E-state index in [4.69, 9.17) is 11.6 Å². The Morgan fingerprint density at radius 1 is 1.21 bits per heavy atom. The molecule has 1 saturated carbocycles. The average Bonchev–Trinajstić information content (AvgIpc) is 2.69. The van der Waals surface area contributed by atoms with Crippen LogP contribution in [0.25, 0.3) is 0 Å². The lowest BCUT2D eigenvalue weighted by Gasteiger charge is -2.29. The smallest absolute Gasteiger partial charge is 0.288 e. The molecule has 1 aliphatic carbocycles. The third-order valence-corrected chi connectivity index (χ3v) is 5.22. The first-order valence-corrected chi connectivity index (χ1v) is 9.73. The van der Waals surface area contributed by atoms with E-state index in [1.54, 1.807) is 6.20 Å². The molecule has 0 radical (unpaired) electrons. The molecule has 1 aromatic carbocycles. The number of anilines is 2. The maximum absolute atomic E-state index is 12.5. The summed E-state index contributed by atoms with van der Waals surface area (Å²) in [7, 11) is 3.85. The number of nitrogens with one attached hydrogen (secondary N) is 2. The van der Waals surface area contributed by atoms with Gasteiger partial charge in [-0.25, -0.2) is 4.98 Å². The van der Waals surface area contributed by atoms with Gasteiger partial charge in [-0.05, 0) is 43.9 Å². The molecule has 1 amide bonds. The van der Waals surface area contributed by atoms with Crippen molar-refractivity contribution < 1.29 is 9.72 Å². The van der Waals surface area contributed by atoms with Crippen LogP contribution in [0.5, 0.6) is 0 Å². The van der Waals surface area contributed by atoms with Gasteiger partial charge in [-0.2, -0.15) is 4.98 Å². The van der Waals surface area contributed by atoms with E-state index in [-0.39, 0.29) is 34.3 Å². The summed E-state index contributed by atoms with van der Waals surface area (Å²) in [6.45, 7) is 0. The Morgan fingerprint density at radius 2 is 1.90 bits per heavy atom. The third-order valence-electron chi connectivity index (χ3n) is 4.90. The number of halogens is 1. The van der Waals surface area contributed by atoms with E-state index in [0.29, 0.717) is 5.95 Å². The zero-order valence-corrected chi connectivity index (χ0v) is 17.0. The minimum Gasteiger partial charge on any atom is -0.363 e. The highest BCUT2D eigenvalue weighted by atomic mass is 35.5. The molecule has 29 heavy (non-hydrogen) atoms. The molecule has 0 bridgehead atoms. The lowest BCUT2D eigenvalue weighted by atomic mass is 9.91. The molecule has 0 saturated heterocycles. The van der Waals surface area contributed by atoms with Crippen LogP contribution in [0, 0.1) is 10.1 Å². The van der Waals surface area contributed by atoms with Gasteiger partial charge < -0.3 is 15.5 Å². The van der Waals surface area contributed by atoms with Gasteiger partial charge in [0, 0.05) is 44.0 Å². The van der Waals surface area contributed by atoms with Gasteiger partial charge >= 0.3 is 0 Å². The van der Waals surface area contributed by atoms with Crippen LogP contribution in [0.3, 0.4) is 0 Å². The summed E-state index contributed by atoms with van der Waals surface area (Å²) in [4.78, 5) is 33.5. The van der Waals surface area contributed by atoms with Crippen molar-refractivity contribution in [3.8, 4) is 0 Å². The summed E-state index contributed by atoms with van der Waals surface area (Å²) >= 11 is 5.80. The predicted molar refractivity (Wildman–Crippen MR) is 112 cm³/mol. The summed E-state index contributed by atoms with van der Waals surface area (Å²) in [5.74, 6) is 1.10. The van der Waals surface area contributed by atoms with Crippen molar-refractivity contribution in [2.75, 3.05) is 24.3 Å². The number of carbonyl (C=O) groups excluding carboxylic acids is 1. The molecule has 154 valence electrons. The van der Waals surface area contributed by atoms with Gasteiger partial charge in [0.2, 0.25) is 5.95 Å². The molecule has 3 rings (SSSR count). The second kappa shape index (κ2) is 9.04. The average molecular weight is 419 g/mol. The molecule has 0 unspecified atom stereocenters. The van der Waals surface area contributed by atoms with Crippen LogP contribution in [-0.2, 0) is 0 Å². The lowest BCUT2D eigenvalue weighted by Crippen LogP contribution is -2.40. The van der Waals surface area contributed by atoms with Gasteiger partial charge in [-0.1, -0.05) is 11.6 Å². The molecule has 1 aliphatic rings. The predicted octanol–water partition coefficient (Wildman–Crippen LogP) is 3.26. The van der Waals surface area contributed by atoms with Crippen LogP contribution in [0.2, 0.25) is 5.02 Å². The number of hydrogen-bond acceptors (Lipinski definition) is 7. The Morgan fingerprint density at radius 3 is 2.55 bits per heavy atom. The SMILES string of the molecule is CN(C)c1ccnc(N[C@H]2CC[C@@H](NC(=O)c3ccc(Cl)c([N+](=O)[O-])c3)CC2)n1. The second-order valence-electron chi connectivity index (χ2n) is 7.22. The van der Waals surface area contributed by atoms with E-state index < -0.39 is 4.92 Å². The summed E-state index contributed by atoms with van der Waals surface area (Å²) < 4.78 is 0. The first-order chi connectivity index (χ1) is 13.8. The number of hydrogen-bond donors (Lipinski definition) is 2. The summed E-state index contributed by atoms with van der Waals surface area (Å²) in [5.41, 5.74) is -0.0394. The Kier molecular flexibility index (Phi) is 6.48. The van der Waals surface area contributed by atoms with Crippen LogP contribution in [0.1, 0.15) is 36.0 Å². The maximum atomic E-state index is 12.5. The first kappa shape index (κ1) is 20.8. The molecule has 0 aliphatic heterocycles. The maximum Gasteiger partial charge on any atom is 0.288 e. The first-order valence-electron chi connectivity index (χ1n) is 9.35. The highest BCUT2D eigenvalue weighted by Gasteiger charge is 2.24. The quantitative estimate of drug-likeness (QED) is 0.546. The van der Waals surface area contributed by atoms with Crippen LogP contribution in [-0.4, -0.2) is 47.0 Å². The molecule has 1 aromatic heterocycles. The fourth-order valence-corrected chi connectivity index (χ4v) is 3.48. The third kappa shape index (κ3) is 5.32. The van der Waals surface area contributed by atoms with Crippen molar-refractivity contribution in [2.45, 2.75) is 37.8 Å². The van der Waals surface area contributed by atoms with Gasteiger partial charge in [0.15, 0.2) is 0 Å². The van der Waals surface area contributed by atoms with Crippen LogP contribution in [0.4, 0.5) is 17.5 Å². The normalized spacial score (nSPS) is 18.7. The molecule has 9 nitrogen and oxygen atoms in total. The zero-order valence-electron chi connectivity index (χ0n) is 16.3. The van der Waals surface area contributed by atoms with Gasteiger partial charge in [-0.3, -0.25) is 14.9 Å². The molecule has 1 heterocycles. The standard InChI is InChI=1S/C19H23ClN6O3/c1-25(2)17-9-10-21-19(24-17)23-14-6-4-13(5-7-14)22-18(27)12-3-8-15(20)16(11-12)26(28)29/h3,8-11,13-14H,4-7H2,1-2H3,(H,22,27)(H,21,23,24)/t13-,14+. The van der Waals surface area contributed by atoms with E-state index in [9.17, 15) is 14.9 Å². The minimum atomic E-state index is -0.594. The number of carbonyl (C=O) groups is 1. The van der Waals surface area contributed by atoms with Gasteiger partial charge in [-0.15, -0.1) is 0 Å². The number of nitro groups is 1. The summed E-state index contributed by atoms with van der Waals surface area (Å²) in [5, 5.41) is 17.3. The molecule has 2 N–H and O–H groups in total. The van der Waals surface area contributed by atoms with Gasteiger partial charge in [0.1, 0.15) is 10.8 Å². The topological polar surface area (TPSA) is 113 Å². The van der Waals surface area contributed by atoms with E-state index in [1.165, 1.54) is 18.2 Å². The van der Waals surface area contributed by atoms with Crippen molar-refractivity contribution in [3.05, 3.63) is 51.2 Å². The molecule has 1 fully saturated rings. The number of benzene rings is 1.